The van der Waals surface area contributed by atoms with Crippen LogP contribution in [-0.4, -0.2) is 63.8 Å². The number of fused-ring (bicyclic) bond motifs is 10. The second-order valence-corrected chi connectivity index (χ2v) is 20.3. The lowest BCUT2D eigenvalue weighted by Crippen LogP contribution is -2.69. The Morgan fingerprint density at radius 3 is 2.39 bits per heavy atom. The molecular weight excluding hydrogens is 712 g/mol. The smallest absolute Gasteiger partial charge is 0.306 e. The highest BCUT2D eigenvalue weighted by molar-refractivity contribution is 5.92. The molecule has 0 radical (unpaired) electrons. The van der Waals surface area contributed by atoms with Crippen LogP contribution in [0, 0.1) is 57.2 Å². The standard InChI is InChI=1S/C47H63FO8/c1-27-16-21-44(5)30(22-27)11-13-35-36-23-28(2)47(54,45(36,6)25-37(50)46(35,44)48)38(51)26-55-40(52)8-7-9-41(53)56-39-15-14-33-32-12-10-29-24-31(49)17-19-42(29,3)34(32)18-20-43(33,39)4/h16,21-22,24,28,32-37,39,50,54H,1,7-15,17-20,23,25-26H2,2-6H3. The molecule has 14 unspecified atom stereocenters. The molecule has 306 valence electrons. The minimum absolute atomic E-state index is 0.0662. The summed E-state index contributed by atoms with van der Waals surface area (Å²) in [5.74, 6) is -1.15. The summed E-state index contributed by atoms with van der Waals surface area (Å²) < 4.78 is 29.1. The molecule has 14 atom stereocenters. The lowest BCUT2D eigenvalue weighted by Gasteiger charge is -2.62. The predicted molar refractivity (Wildman–Crippen MR) is 208 cm³/mol. The van der Waals surface area contributed by atoms with Crippen LogP contribution >= 0.6 is 0 Å². The largest absolute Gasteiger partial charge is 0.462 e. The van der Waals surface area contributed by atoms with Gasteiger partial charge in [-0.1, -0.05) is 63.6 Å². The highest BCUT2D eigenvalue weighted by Crippen LogP contribution is 2.71. The number of allylic oxidation sites excluding steroid dienone is 6. The van der Waals surface area contributed by atoms with Crippen molar-refractivity contribution in [2.75, 3.05) is 6.61 Å². The van der Waals surface area contributed by atoms with Crippen molar-refractivity contribution in [1.29, 1.82) is 0 Å². The molecule has 0 aromatic heterocycles. The third kappa shape index (κ3) is 5.54. The van der Waals surface area contributed by atoms with Crippen LogP contribution in [0.5, 0.6) is 0 Å². The monoisotopic (exact) mass is 774 g/mol. The number of aliphatic hydroxyl groups excluding tert-OH is 1. The number of esters is 2. The van der Waals surface area contributed by atoms with E-state index in [4.69, 9.17) is 9.47 Å². The van der Waals surface area contributed by atoms with Crippen LogP contribution in [-0.2, 0) is 28.7 Å². The minimum Gasteiger partial charge on any atom is -0.462 e. The van der Waals surface area contributed by atoms with Crippen molar-refractivity contribution in [3.05, 3.63) is 47.6 Å². The molecule has 0 heterocycles. The first-order valence-corrected chi connectivity index (χ1v) is 21.6. The fraction of sp³-hybridized carbons (Fsp3) is 0.745. The summed E-state index contributed by atoms with van der Waals surface area (Å²) >= 11 is 0. The summed E-state index contributed by atoms with van der Waals surface area (Å²) in [5, 5.41) is 23.9. The Bertz CT molecular complexity index is 1810. The summed E-state index contributed by atoms with van der Waals surface area (Å²) in [6, 6.07) is 0. The molecule has 0 aliphatic heterocycles. The summed E-state index contributed by atoms with van der Waals surface area (Å²) in [4.78, 5) is 52.1. The zero-order valence-corrected chi connectivity index (χ0v) is 34.2. The number of rotatable bonds is 8. The molecule has 0 saturated heterocycles. The van der Waals surface area contributed by atoms with Crippen molar-refractivity contribution < 1.29 is 43.3 Å². The first-order valence-electron chi connectivity index (χ1n) is 21.6. The van der Waals surface area contributed by atoms with Crippen molar-refractivity contribution >= 4 is 23.5 Å². The molecule has 0 amide bonds. The summed E-state index contributed by atoms with van der Waals surface area (Å²) in [6.07, 6.45) is 15.2. The van der Waals surface area contributed by atoms with E-state index in [2.05, 4.69) is 20.4 Å². The van der Waals surface area contributed by atoms with Crippen LogP contribution < -0.4 is 0 Å². The number of hydrogen-bond acceptors (Lipinski definition) is 8. The number of carbonyl (C=O) groups is 4. The molecule has 9 heteroatoms. The molecule has 2 N–H and O–H groups in total. The van der Waals surface area contributed by atoms with Gasteiger partial charge in [-0.05, 0) is 131 Å². The second-order valence-electron chi connectivity index (χ2n) is 20.3. The summed E-state index contributed by atoms with van der Waals surface area (Å²) in [5.41, 5.74) is -2.91. The fourth-order valence-corrected chi connectivity index (χ4v) is 14.8. The summed E-state index contributed by atoms with van der Waals surface area (Å²) in [6.45, 7) is 13.5. The molecule has 6 fully saturated rings. The first kappa shape index (κ1) is 39.9. The highest BCUT2D eigenvalue weighted by Gasteiger charge is 2.75. The predicted octanol–water partition coefficient (Wildman–Crippen LogP) is 8.05. The molecule has 8 aliphatic rings. The van der Waals surface area contributed by atoms with Crippen LogP contribution in [0.3, 0.4) is 0 Å². The number of halogens is 1. The Labute approximate surface area is 331 Å². The van der Waals surface area contributed by atoms with Crippen molar-refractivity contribution in [3.8, 4) is 0 Å². The normalized spacial score (nSPS) is 47.6. The molecular formula is C47H63FO8. The molecule has 56 heavy (non-hydrogen) atoms. The number of ether oxygens (including phenoxy) is 2. The van der Waals surface area contributed by atoms with Gasteiger partial charge >= 0.3 is 11.9 Å². The Balaban J connectivity index is 0.837. The summed E-state index contributed by atoms with van der Waals surface area (Å²) in [7, 11) is 0. The maximum absolute atomic E-state index is 17.6. The van der Waals surface area contributed by atoms with Gasteiger partial charge in [-0.2, -0.15) is 0 Å². The van der Waals surface area contributed by atoms with Gasteiger partial charge in [0.15, 0.2) is 18.1 Å². The lowest BCUT2D eigenvalue weighted by molar-refractivity contribution is -0.219. The lowest BCUT2D eigenvalue weighted by atomic mass is 9.44. The van der Waals surface area contributed by atoms with E-state index in [0.717, 1.165) is 56.1 Å². The van der Waals surface area contributed by atoms with Crippen molar-refractivity contribution in [1.82, 2.24) is 0 Å². The number of ketones is 2. The number of alkyl halides is 1. The Hall–Kier alpha value is -2.91. The average molecular weight is 775 g/mol. The van der Waals surface area contributed by atoms with E-state index in [-0.39, 0.29) is 60.3 Å². The maximum Gasteiger partial charge on any atom is 0.306 e. The van der Waals surface area contributed by atoms with Gasteiger partial charge in [-0.25, -0.2) is 4.39 Å². The number of carbonyl (C=O) groups excluding carboxylic acids is 4. The molecule has 0 aromatic carbocycles. The zero-order chi connectivity index (χ0) is 40.2. The average Bonchev–Trinajstić information content (AvgIpc) is 3.58. The fourth-order valence-electron chi connectivity index (χ4n) is 14.8. The van der Waals surface area contributed by atoms with Gasteiger partial charge in [0.2, 0.25) is 5.78 Å². The Morgan fingerprint density at radius 2 is 1.62 bits per heavy atom. The molecule has 0 aromatic rings. The molecule has 8 aliphatic carbocycles. The third-order valence-electron chi connectivity index (χ3n) is 18.0. The van der Waals surface area contributed by atoms with E-state index in [0.29, 0.717) is 43.4 Å². The van der Waals surface area contributed by atoms with E-state index < -0.39 is 58.4 Å². The van der Waals surface area contributed by atoms with E-state index in [1.54, 1.807) is 13.8 Å². The van der Waals surface area contributed by atoms with Gasteiger partial charge in [0, 0.05) is 41.4 Å². The highest BCUT2D eigenvalue weighted by atomic mass is 19.1. The quantitative estimate of drug-likeness (QED) is 0.237. The van der Waals surface area contributed by atoms with Crippen LogP contribution in [0.1, 0.15) is 131 Å². The number of aliphatic hydroxyl groups is 2. The first-order chi connectivity index (χ1) is 26.3. The molecule has 8 nitrogen and oxygen atoms in total. The van der Waals surface area contributed by atoms with Crippen molar-refractivity contribution in [3.63, 3.8) is 0 Å². The van der Waals surface area contributed by atoms with Crippen LogP contribution in [0.25, 0.3) is 0 Å². The van der Waals surface area contributed by atoms with Gasteiger partial charge in [0.1, 0.15) is 11.7 Å². The van der Waals surface area contributed by atoms with Crippen LogP contribution in [0.4, 0.5) is 4.39 Å². The Kier molecular flexibility index (Phi) is 9.67. The number of Topliss-reactive ketones (excluding diaryl/α,β-unsaturated/α-hetero) is 1. The SMILES string of the molecule is C=C1C=CC2(C)C(=C1)CCC1C3CC(C)C(O)(C(=O)COC(=O)CCCC(=O)OC4CCC5C6CCC7=CC(=O)CCC7(C)C6CCC45C)C3(C)CC(O)C12F. The minimum atomic E-state index is -1.97. The van der Waals surface area contributed by atoms with Gasteiger partial charge in [-0.15, -0.1) is 0 Å². The van der Waals surface area contributed by atoms with Gasteiger partial charge in [0.25, 0.3) is 0 Å². The van der Waals surface area contributed by atoms with E-state index in [1.165, 1.54) is 5.57 Å². The van der Waals surface area contributed by atoms with Gasteiger partial charge < -0.3 is 19.7 Å². The molecule has 6 saturated carbocycles. The van der Waals surface area contributed by atoms with Crippen molar-refractivity contribution in [2.24, 2.45) is 57.2 Å². The molecule has 8 rings (SSSR count). The van der Waals surface area contributed by atoms with E-state index in [1.807, 2.05) is 31.2 Å². The van der Waals surface area contributed by atoms with Crippen molar-refractivity contribution in [2.45, 2.75) is 154 Å². The number of hydrogen-bond donors (Lipinski definition) is 2. The van der Waals surface area contributed by atoms with Gasteiger partial charge in [-0.3, -0.25) is 19.2 Å². The zero-order valence-electron chi connectivity index (χ0n) is 34.2. The van der Waals surface area contributed by atoms with Gasteiger partial charge in [0.05, 0.1) is 6.10 Å². The topological polar surface area (TPSA) is 127 Å². The molecule has 0 bridgehead atoms. The van der Waals surface area contributed by atoms with Crippen LogP contribution in [0.2, 0.25) is 0 Å². The van der Waals surface area contributed by atoms with E-state index in [9.17, 15) is 29.4 Å². The van der Waals surface area contributed by atoms with E-state index >= 15 is 4.39 Å². The van der Waals surface area contributed by atoms with Crippen LogP contribution in [0.15, 0.2) is 47.6 Å². The maximum atomic E-state index is 17.6. The second kappa shape index (κ2) is 13.6. The Morgan fingerprint density at radius 1 is 0.893 bits per heavy atom. The third-order valence-corrected chi connectivity index (χ3v) is 18.0. The molecule has 0 spiro atoms.